The first-order valence-corrected chi connectivity index (χ1v) is 2.85. The van der Waals surface area contributed by atoms with Crippen LogP contribution in [-0.2, 0) is 4.74 Å². The fourth-order valence-corrected chi connectivity index (χ4v) is 0.765. The van der Waals surface area contributed by atoms with Gasteiger partial charge in [-0.3, -0.25) is 0 Å². The second-order valence-electron chi connectivity index (χ2n) is 2.28. The largest absolute Gasteiger partial charge is 1.00 e. The Morgan fingerprint density at radius 1 is 1.30 bits per heavy atom. The van der Waals surface area contributed by atoms with E-state index in [2.05, 4.69) is 0 Å². The molecule has 0 aromatic heterocycles. The average molecular weight is 167 g/mol. The molecule has 0 aromatic rings. The Kier molecular flexibility index (Phi) is 6.56. The van der Waals surface area contributed by atoms with Gasteiger partial charge >= 0.3 is 6.02 Å². The predicted octanol–water partition coefficient (Wildman–Crippen LogP) is -3.17. The highest BCUT2D eigenvalue weighted by atomic mass is 35.5. The Morgan fingerprint density at radius 2 is 1.70 bits per heavy atom. The minimum atomic E-state index is 0. The van der Waals surface area contributed by atoms with E-state index in [0.717, 1.165) is 6.02 Å². The Hall–Kier alpha value is -0.440. The van der Waals surface area contributed by atoms with Gasteiger partial charge in [0.25, 0.3) is 0 Å². The lowest BCUT2D eigenvalue weighted by Crippen LogP contribution is -3.00. The van der Waals surface area contributed by atoms with Crippen molar-refractivity contribution < 1.29 is 21.7 Å². The van der Waals surface area contributed by atoms with Gasteiger partial charge in [0, 0.05) is 0 Å². The molecule has 0 unspecified atom stereocenters. The number of methoxy groups -OCH3 is 1. The minimum Gasteiger partial charge on any atom is -1.00 e. The highest BCUT2D eigenvalue weighted by Gasteiger charge is 2.08. The van der Waals surface area contributed by atoms with Crippen molar-refractivity contribution in [1.82, 2.24) is 4.90 Å². The summed E-state index contributed by atoms with van der Waals surface area (Å²) in [5.41, 5.74) is 0. The van der Waals surface area contributed by atoms with Gasteiger partial charge < -0.3 is 17.1 Å². The molecule has 0 bridgehead atoms. The quantitative estimate of drug-likeness (QED) is 0.214. The van der Waals surface area contributed by atoms with E-state index in [1.165, 1.54) is 0 Å². The van der Waals surface area contributed by atoms with Gasteiger partial charge in [-0.05, 0) is 0 Å². The second kappa shape index (κ2) is 5.35. The molecule has 62 valence electrons. The number of hydrogen-bond donors (Lipinski definition) is 0. The molecule has 0 aromatic carbocycles. The van der Waals surface area contributed by atoms with Crippen molar-refractivity contribution in [3.8, 4) is 0 Å². The standard InChI is InChI=1S/C6H15N2O.ClH/c1-7(2)6(9-5)8(3)4;/h1-5H3;1H/q+1;/p-1. The van der Waals surface area contributed by atoms with Crippen molar-refractivity contribution in [2.24, 2.45) is 0 Å². The van der Waals surface area contributed by atoms with Crippen LogP contribution < -0.4 is 12.4 Å². The van der Waals surface area contributed by atoms with E-state index >= 15 is 0 Å². The predicted molar refractivity (Wildman–Crippen MR) is 37.8 cm³/mol. The highest BCUT2D eigenvalue weighted by Crippen LogP contribution is 1.80. The zero-order valence-corrected chi connectivity index (χ0v) is 7.94. The van der Waals surface area contributed by atoms with Gasteiger partial charge in [-0.1, -0.05) is 0 Å². The zero-order valence-electron chi connectivity index (χ0n) is 7.18. The summed E-state index contributed by atoms with van der Waals surface area (Å²) in [6, 6.07) is 0.856. The number of ether oxygens (including phenoxy) is 1. The highest BCUT2D eigenvalue weighted by molar-refractivity contribution is 5.67. The summed E-state index contributed by atoms with van der Waals surface area (Å²) < 4.78 is 6.96. The van der Waals surface area contributed by atoms with Gasteiger partial charge in [0.05, 0.1) is 35.3 Å². The maximum Gasteiger partial charge on any atom is 0.445 e. The summed E-state index contributed by atoms with van der Waals surface area (Å²) in [4.78, 5) is 1.92. The number of rotatable bonds is 0. The SMILES string of the molecule is COC(N(C)C)=[N+](C)C.[Cl-]. The molecule has 0 spiro atoms. The minimum absolute atomic E-state index is 0. The number of hydrogen-bond acceptors (Lipinski definition) is 1. The van der Waals surface area contributed by atoms with Crippen LogP contribution in [0.3, 0.4) is 0 Å². The first-order valence-electron chi connectivity index (χ1n) is 2.85. The lowest BCUT2D eigenvalue weighted by atomic mass is 10.8. The Morgan fingerprint density at radius 3 is 1.70 bits per heavy atom. The molecule has 0 aliphatic carbocycles. The van der Waals surface area contributed by atoms with Crippen molar-refractivity contribution in [3.63, 3.8) is 0 Å². The molecule has 0 saturated carbocycles. The van der Waals surface area contributed by atoms with Gasteiger partial charge in [0.1, 0.15) is 0 Å². The van der Waals surface area contributed by atoms with E-state index in [1.807, 2.05) is 37.7 Å². The maximum atomic E-state index is 5.04. The van der Waals surface area contributed by atoms with Crippen molar-refractivity contribution in [3.05, 3.63) is 0 Å². The van der Waals surface area contributed by atoms with Crippen molar-refractivity contribution in [2.45, 2.75) is 0 Å². The first kappa shape index (κ1) is 12.3. The molecule has 0 aliphatic heterocycles. The molecule has 0 saturated heterocycles. The molecule has 0 amide bonds. The molecule has 0 rings (SSSR count). The summed E-state index contributed by atoms with van der Waals surface area (Å²) >= 11 is 0. The molecular formula is C6H15ClN2O. The van der Waals surface area contributed by atoms with Crippen LogP contribution in [0.25, 0.3) is 0 Å². The first-order chi connectivity index (χ1) is 4.09. The molecule has 0 aliphatic rings. The molecule has 0 heterocycles. The van der Waals surface area contributed by atoms with E-state index in [1.54, 1.807) is 7.11 Å². The molecule has 0 radical (unpaired) electrons. The van der Waals surface area contributed by atoms with Gasteiger partial charge in [-0.15, -0.1) is 0 Å². The van der Waals surface area contributed by atoms with Crippen molar-refractivity contribution in [1.29, 1.82) is 0 Å². The Bertz CT molecular complexity index is 119. The third-order valence-electron chi connectivity index (χ3n) is 0.948. The summed E-state index contributed by atoms with van der Waals surface area (Å²) in [6.07, 6.45) is 0. The monoisotopic (exact) mass is 166 g/mol. The van der Waals surface area contributed by atoms with Crippen molar-refractivity contribution >= 4 is 6.02 Å². The molecule has 0 N–H and O–H groups in total. The number of nitrogens with zero attached hydrogens (tertiary/aromatic N) is 2. The van der Waals surface area contributed by atoms with E-state index < -0.39 is 0 Å². The van der Waals surface area contributed by atoms with Crippen LogP contribution >= 0.6 is 0 Å². The summed E-state index contributed by atoms with van der Waals surface area (Å²) in [7, 11) is 9.44. The normalized spacial score (nSPS) is 7.70. The van der Waals surface area contributed by atoms with E-state index in [4.69, 9.17) is 4.74 Å². The Balaban J connectivity index is 0. The van der Waals surface area contributed by atoms with Crippen LogP contribution in [0.5, 0.6) is 0 Å². The smallest absolute Gasteiger partial charge is 0.445 e. The van der Waals surface area contributed by atoms with Crippen LogP contribution in [-0.4, -0.2) is 50.8 Å². The third-order valence-corrected chi connectivity index (χ3v) is 0.948. The third kappa shape index (κ3) is 3.56. The van der Waals surface area contributed by atoms with Gasteiger partial charge in [-0.2, -0.15) is 0 Å². The molecule has 0 fully saturated rings. The van der Waals surface area contributed by atoms with Crippen molar-refractivity contribution in [2.75, 3.05) is 35.3 Å². The topological polar surface area (TPSA) is 15.5 Å². The lowest BCUT2D eigenvalue weighted by molar-refractivity contribution is -0.480. The van der Waals surface area contributed by atoms with Crippen LogP contribution in [0.4, 0.5) is 0 Å². The summed E-state index contributed by atoms with van der Waals surface area (Å²) in [6.45, 7) is 0. The van der Waals surface area contributed by atoms with E-state index in [0.29, 0.717) is 0 Å². The van der Waals surface area contributed by atoms with Crippen LogP contribution in [0.1, 0.15) is 0 Å². The van der Waals surface area contributed by atoms with E-state index in [9.17, 15) is 0 Å². The Labute approximate surface area is 68.7 Å². The number of amidine groups is 1. The van der Waals surface area contributed by atoms with Crippen LogP contribution in [0, 0.1) is 0 Å². The van der Waals surface area contributed by atoms with Crippen LogP contribution in [0.15, 0.2) is 0 Å². The fourth-order valence-electron chi connectivity index (χ4n) is 0.765. The lowest BCUT2D eigenvalue weighted by Gasteiger charge is -2.07. The van der Waals surface area contributed by atoms with Crippen LogP contribution in [0.2, 0.25) is 0 Å². The number of halogens is 1. The van der Waals surface area contributed by atoms with Gasteiger partial charge in [-0.25, -0.2) is 9.48 Å². The molecule has 10 heavy (non-hydrogen) atoms. The fraction of sp³-hybridized carbons (Fsp3) is 0.833. The molecule has 4 heteroatoms. The summed E-state index contributed by atoms with van der Waals surface area (Å²) in [5, 5.41) is 0. The second-order valence-corrected chi connectivity index (χ2v) is 2.28. The van der Waals surface area contributed by atoms with Gasteiger partial charge in [0.2, 0.25) is 0 Å². The molecule has 3 nitrogen and oxygen atoms in total. The maximum absolute atomic E-state index is 5.04. The zero-order chi connectivity index (χ0) is 7.44. The molecule has 0 atom stereocenters. The van der Waals surface area contributed by atoms with E-state index in [-0.39, 0.29) is 12.4 Å². The van der Waals surface area contributed by atoms with Gasteiger partial charge in [0.15, 0.2) is 0 Å². The average Bonchev–Trinajstić information content (AvgIpc) is 1.64. The molecular weight excluding hydrogens is 152 g/mol. The summed E-state index contributed by atoms with van der Waals surface area (Å²) in [5.74, 6) is 0.